The normalized spacial score (nSPS) is 12.8. The summed E-state index contributed by atoms with van der Waals surface area (Å²) in [5.41, 5.74) is 3.29. The predicted octanol–water partition coefficient (Wildman–Crippen LogP) is 1.88. The number of fused-ring (bicyclic) bond motifs is 3. The van der Waals surface area contributed by atoms with E-state index in [1.807, 2.05) is 24.3 Å². The third-order valence-electron chi connectivity index (χ3n) is 3.18. The zero-order valence-electron chi connectivity index (χ0n) is 9.56. The fraction of sp³-hybridized carbons (Fsp3) is 0.214. The van der Waals surface area contributed by atoms with E-state index in [4.69, 9.17) is 4.74 Å². The topological polar surface area (TPSA) is 31.2 Å². The van der Waals surface area contributed by atoms with Crippen LogP contribution in [0.1, 0.15) is 5.56 Å². The molecule has 3 heteroatoms. The van der Waals surface area contributed by atoms with Crippen LogP contribution in [-0.2, 0) is 13.0 Å². The highest BCUT2D eigenvalue weighted by molar-refractivity contribution is 5.66. The third kappa shape index (κ3) is 1.55. The van der Waals surface area contributed by atoms with Crippen molar-refractivity contribution in [3.05, 3.63) is 52.3 Å². The smallest absolute Gasteiger partial charge is 0.251 e. The second kappa shape index (κ2) is 3.77. The molecule has 85 valence electrons. The summed E-state index contributed by atoms with van der Waals surface area (Å²) in [6.07, 6.45) is 0.865. The molecule has 0 N–H and O–H groups in total. The van der Waals surface area contributed by atoms with Crippen molar-refractivity contribution < 1.29 is 4.74 Å². The van der Waals surface area contributed by atoms with Crippen LogP contribution in [-0.4, -0.2) is 11.7 Å². The first kappa shape index (κ1) is 10.1. The van der Waals surface area contributed by atoms with E-state index in [1.165, 1.54) is 11.6 Å². The fourth-order valence-corrected chi connectivity index (χ4v) is 2.31. The van der Waals surface area contributed by atoms with Crippen molar-refractivity contribution in [1.82, 2.24) is 4.57 Å². The Bertz CT molecular complexity index is 628. The maximum absolute atomic E-state index is 11.7. The Morgan fingerprint density at radius 3 is 3.06 bits per heavy atom. The minimum Gasteiger partial charge on any atom is -0.497 e. The van der Waals surface area contributed by atoms with Crippen LogP contribution in [0.25, 0.3) is 11.3 Å². The molecule has 0 bridgehead atoms. The number of ether oxygens (including phenoxy) is 1. The molecule has 0 amide bonds. The second-order valence-electron chi connectivity index (χ2n) is 4.10. The average Bonchev–Trinajstić information content (AvgIpc) is 2.38. The standard InChI is InChI=1S/C14H12NO2/c1-17-11-5-6-12-10(9-11)7-8-15-13(12)3-2-4-14(15)16/h3-6,9H,7-8H2,1H3. The first-order chi connectivity index (χ1) is 8.29. The fourth-order valence-electron chi connectivity index (χ4n) is 2.31. The summed E-state index contributed by atoms with van der Waals surface area (Å²) in [5.74, 6) is 0.861. The highest BCUT2D eigenvalue weighted by atomic mass is 16.5. The Labute approximate surface area is 99.3 Å². The van der Waals surface area contributed by atoms with Crippen LogP contribution in [0, 0.1) is 6.07 Å². The van der Waals surface area contributed by atoms with E-state index in [1.54, 1.807) is 11.7 Å². The molecule has 2 aromatic rings. The zero-order valence-corrected chi connectivity index (χ0v) is 9.56. The molecule has 0 saturated carbocycles. The number of methoxy groups -OCH3 is 1. The van der Waals surface area contributed by atoms with Crippen molar-refractivity contribution in [3.8, 4) is 17.0 Å². The SMILES string of the molecule is COc1ccc2c(c1)CCn1c-2c[c]cc1=O. The van der Waals surface area contributed by atoms with Crippen LogP contribution >= 0.6 is 0 Å². The van der Waals surface area contributed by atoms with Crippen molar-refractivity contribution >= 4 is 0 Å². The highest BCUT2D eigenvalue weighted by Gasteiger charge is 2.16. The van der Waals surface area contributed by atoms with Crippen molar-refractivity contribution in [2.75, 3.05) is 7.11 Å². The maximum atomic E-state index is 11.7. The number of aryl methyl sites for hydroxylation is 1. The largest absolute Gasteiger partial charge is 0.497 e. The molecule has 0 unspecified atom stereocenters. The molecule has 1 radical (unpaired) electrons. The molecule has 0 aliphatic carbocycles. The summed E-state index contributed by atoms with van der Waals surface area (Å²) in [6, 6.07) is 12.2. The number of benzene rings is 1. The van der Waals surface area contributed by atoms with Gasteiger partial charge in [0.1, 0.15) is 5.75 Å². The molecule has 2 heterocycles. The van der Waals surface area contributed by atoms with Crippen LogP contribution in [0.15, 0.2) is 35.1 Å². The molecule has 0 atom stereocenters. The van der Waals surface area contributed by atoms with E-state index in [-0.39, 0.29) is 5.56 Å². The summed E-state index contributed by atoms with van der Waals surface area (Å²) in [4.78, 5) is 11.7. The lowest BCUT2D eigenvalue weighted by molar-refractivity contribution is 0.414. The summed E-state index contributed by atoms with van der Waals surface area (Å²) in [6.45, 7) is 0.725. The first-order valence-electron chi connectivity index (χ1n) is 5.58. The molecule has 17 heavy (non-hydrogen) atoms. The van der Waals surface area contributed by atoms with Crippen LogP contribution < -0.4 is 10.3 Å². The van der Waals surface area contributed by atoms with E-state index in [0.717, 1.165) is 30.0 Å². The van der Waals surface area contributed by atoms with E-state index in [9.17, 15) is 4.79 Å². The summed E-state index contributed by atoms with van der Waals surface area (Å²) in [7, 11) is 1.66. The quantitative estimate of drug-likeness (QED) is 0.743. The lowest BCUT2D eigenvalue weighted by Gasteiger charge is -2.21. The van der Waals surface area contributed by atoms with Gasteiger partial charge < -0.3 is 9.30 Å². The van der Waals surface area contributed by atoms with Gasteiger partial charge in [-0.2, -0.15) is 0 Å². The van der Waals surface area contributed by atoms with Gasteiger partial charge in [0.25, 0.3) is 5.56 Å². The highest BCUT2D eigenvalue weighted by Crippen LogP contribution is 2.30. The molecular formula is C14H12NO2. The van der Waals surface area contributed by atoms with Crippen molar-refractivity contribution in [1.29, 1.82) is 0 Å². The van der Waals surface area contributed by atoms with Gasteiger partial charge in [-0.1, -0.05) is 0 Å². The minimum atomic E-state index is 0.0176. The van der Waals surface area contributed by atoms with Gasteiger partial charge in [0.05, 0.1) is 12.8 Å². The molecule has 0 spiro atoms. The number of rotatable bonds is 1. The summed E-state index contributed by atoms with van der Waals surface area (Å²) >= 11 is 0. The Kier molecular flexibility index (Phi) is 2.25. The third-order valence-corrected chi connectivity index (χ3v) is 3.18. The zero-order chi connectivity index (χ0) is 11.8. The maximum Gasteiger partial charge on any atom is 0.251 e. The predicted molar refractivity (Wildman–Crippen MR) is 65.2 cm³/mol. The number of nitrogens with zero attached hydrogens (tertiary/aromatic N) is 1. The first-order valence-corrected chi connectivity index (χ1v) is 5.58. The Balaban J connectivity index is 2.24. The van der Waals surface area contributed by atoms with Crippen LogP contribution in [0.2, 0.25) is 0 Å². The van der Waals surface area contributed by atoms with Crippen molar-refractivity contribution in [2.45, 2.75) is 13.0 Å². The van der Waals surface area contributed by atoms with E-state index in [2.05, 4.69) is 6.07 Å². The Hall–Kier alpha value is -2.03. The molecule has 1 aromatic heterocycles. The molecule has 3 rings (SSSR count). The van der Waals surface area contributed by atoms with Gasteiger partial charge in [-0.3, -0.25) is 4.79 Å². The second-order valence-corrected chi connectivity index (χ2v) is 4.10. The number of hydrogen-bond acceptors (Lipinski definition) is 2. The summed E-state index contributed by atoms with van der Waals surface area (Å²) in [5, 5.41) is 0. The monoisotopic (exact) mass is 226 g/mol. The molecule has 0 saturated heterocycles. The Morgan fingerprint density at radius 1 is 1.35 bits per heavy atom. The summed E-state index contributed by atoms with van der Waals surface area (Å²) < 4.78 is 7.01. The van der Waals surface area contributed by atoms with Crippen LogP contribution in [0.3, 0.4) is 0 Å². The van der Waals surface area contributed by atoms with E-state index < -0.39 is 0 Å². The number of aromatic nitrogens is 1. The molecule has 1 aliphatic rings. The van der Waals surface area contributed by atoms with Gasteiger partial charge in [-0.25, -0.2) is 0 Å². The molecule has 1 aliphatic heterocycles. The van der Waals surface area contributed by atoms with Gasteiger partial charge >= 0.3 is 0 Å². The van der Waals surface area contributed by atoms with E-state index >= 15 is 0 Å². The number of pyridine rings is 1. The van der Waals surface area contributed by atoms with Gasteiger partial charge in [0.2, 0.25) is 0 Å². The molecule has 0 fully saturated rings. The van der Waals surface area contributed by atoms with Gasteiger partial charge in [-0.05, 0) is 42.3 Å². The van der Waals surface area contributed by atoms with Crippen molar-refractivity contribution in [3.63, 3.8) is 0 Å². The van der Waals surface area contributed by atoms with Crippen LogP contribution in [0.5, 0.6) is 5.75 Å². The lowest BCUT2D eigenvalue weighted by atomic mass is 9.97. The molecule has 3 nitrogen and oxygen atoms in total. The van der Waals surface area contributed by atoms with Gasteiger partial charge in [0, 0.05) is 18.2 Å². The van der Waals surface area contributed by atoms with Gasteiger partial charge in [-0.15, -0.1) is 0 Å². The van der Waals surface area contributed by atoms with Gasteiger partial charge in [0.15, 0.2) is 0 Å². The number of hydrogen-bond donors (Lipinski definition) is 0. The van der Waals surface area contributed by atoms with E-state index in [0.29, 0.717) is 0 Å². The minimum absolute atomic E-state index is 0.0176. The molecular weight excluding hydrogens is 214 g/mol. The van der Waals surface area contributed by atoms with Crippen LogP contribution in [0.4, 0.5) is 0 Å². The molecule has 1 aromatic carbocycles. The van der Waals surface area contributed by atoms with Crippen molar-refractivity contribution in [2.24, 2.45) is 0 Å². The Morgan fingerprint density at radius 2 is 2.24 bits per heavy atom. The average molecular weight is 226 g/mol. The lowest BCUT2D eigenvalue weighted by Crippen LogP contribution is -2.25.